The summed E-state index contributed by atoms with van der Waals surface area (Å²) in [5.41, 5.74) is 2.91. The van der Waals surface area contributed by atoms with Gasteiger partial charge in [-0.05, 0) is 60.9 Å². The standard InChI is InChI=1S/C27H27Cl2N3O2/c28-21-11-13-22(14-12-21)34-18-6-5-17-32-25-10-4-3-9-24(25)31-26(32)15-16-30-27(33)19-20-7-1-2-8-23(20)29/h1-4,7-14H,5-6,15-19H2,(H,30,33). The highest BCUT2D eigenvalue weighted by Crippen LogP contribution is 2.19. The second kappa shape index (κ2) is 11.9. The van der Waals surface area contributed by atoms with Crippen molar-refractivity contribution in [2.75, 3.05) is 13.2 Å². The molecule has 3 aromatic carbocycles. The van der Waals surface area contributed by atoms with Gasteiger partial charge in [0.25, 0.3) is 0 Å². The van der Waals surface area contributed by atoms with Crippen molar-refractivity contribution in [3.63, 3.8) is 0 Å². The van der Waals surface area contributed by atoms with Crippen LogP contribution >= 0.6 is 23.2 Å². The molecule has 0 bridgehead atoms. The minimum atomic E-state index is -0.0462. The van der Waals surface area contributed by atoms with Crippen LogP contribution in [0.2, 0.25) is 10.0 Å². The number of aryl methyl sites for hydroxylation is 1. The number of fused-ring (bicyclic) bond motifs is 1. The van der Waals surface area contributed by atoms with Gasteiger partial charge in [0.15, 0.2) is 0 Å². The normalized spacial score (nSPS) is 11.0. The number of carbonyl (C=O) groups excluding carboxylic acids is 1. The maximum absolute atomic E-state index is 12.4. The molecule has 0 aliphatic rings. The number of carbonyl (C=O) groups is 1. The lowest BCUT2D eigenvalue weighted by Crippen LogP contribution is -2.28. The second-order valence-corrected chi connectivity index (χ2v) is 8.89. The monoisotopic (exact) mass is 495 g/mol. The van der Waals surface area contributed by atoms with Crippen LogP contribution in [0.3, 0.4) is 0 Å². The van der Waals surface area contributed by atoms with Gasteiger partial charge in [0, 0.05) is 29.6 Å². The number of halogens is 2. The van der Waals surface area contributed by atoms with E-state index in [1.165, 1.54) is 0 Å². The fourth-order valence-electron chi connectivity index (χ4n) is 3.85. The summed E-state index contributed by atoms with van der Waals surface area (Å²) in [5.74, 6) is 1.75. The molecule has 34 heavy (non-hydrogen) atoms. The molecule has 0 saturated heterocycles. The maximum atomic E-state index is 12.4. The van der Waals surface area contributed by atoms with E-state index >= 15 is 0 Å². The number of para-hydroxylation sites is 2. The number of rotatable bonds is 11. The summed E-state index contributed by atoms with van der Waals surface area (Å²) in [6.45, 7) is 2.00. The molecule has 0 saturated carbocycles. The zero-order valence-corrected chi connectivity index (χ0v) is 20.4. The first-order valence-electron chi connectivity index (χ1n) is 11.4. The zero-order valence-electron chi connectivity index (χ0n) is 18.8. The number of unbranched alkanes of at least 4 members (excludes halogenated alkanes) is 1. The Labute approximate surface area is 209 Å². The van der Waals surface area contributed by atoms with E-state index in [9.17, 15) is 4.79 Å². The van der Waals surface area contributed by atoms with Crippen LogP contribution in [0.15, 0.2) is 72.8 Å². The number of imidazole rings is 1. The van der Waals surface area contributed by atoms with Gasteiger partial charge in [0.2, 0.25) is 5.91 Å². The van der Waals surface area contributed by atoms with Crippen molar-refractivity contribution in [2.24, 2.45) is 0 Å². The number of hydrogen-bond donors (Lipinski definition) is 1. The molecule has 1 N–H and O–H groups in total. The van der Waals surface area contributed by atoms with E-state index in [-0.39, 0.29) is 12.3 Å². The van der Waals surface area contributed by atoms with Crippen LogP contribution in [0.4, 0.5) is 0 Å². The predicted molar refractivity (Wildman–Crippen MR) is 138 cm³/mol. The highest BCUT2D eigenvalue weighted by molar-refractivity contribution is 6.31. The lowest BCUT2D eigenvalue weighted by Gasteiger charge is -2.11. The Morgan fingerprint density at radius 2 is 1.71 bits per heavy atom. The van der Waals surface area contributed by atoms with Crippen LogP contribution in [0, 0.1) is 0 Å². The van der Waals surface area contributed by atoms with Gasteiger partial charge in [-0.1, -0.05) is 53.5 Å². The van der Waals surface area contributed by atoms with Crippen LogP contribution in [0.1, 0.15) is 24.2 Å². The predicted octanol–water partition coefficient (Wildman–Crippen LogP) is 6.10. The average Bonchev–Trinajstić information content (AvgIpc) is 3.19. The third-order valence-corrected chi connectivity index (χ3v) is 6.19. The summed E-state index contributed by atoms with van der Waals surface area (Å²) in [7, 11) is 0. The van der Waals surface area contributed by atoms with Crippen LogP contribution in [-0.2, 0) is 24.2 Å². The van der Waals surface area contributed by atoms with E-state index < -0.39 is 0 Å². The average molecular weight is 496 g/mol. The van der Waals surface area contributed by atoms with Gasteiger partial charge >= 0.3 is 0 Å². The first-order chi connectivity index (χ1) is 16.6. The number of ether oxygens (including phenoxy) is 1. The lowest BCUT2D eigenvalue weighted by molar-refractivity contribution is -0.120. The molecule has 176 valence electrons. The Morgan fingerprint density at radius 3 is 2.53 bits per heavy atom. The Bertz CT molecular complexity index is 1240. The Hall–Kier alpha value is -3.02. The van der Waals surface area contributed by atoms with E-state index in [2.05, 4.69) is 16.0 Å². The summed E-state index contributed by atoms with van der Waals surface area (Å²) >= 11 is 12.1. The van der Waals surface area contributed by atoms with Gasteiger partial charge in [0.1, 0.15) is 11.6 Å². The zero-order chi connectivity index (χ0) is 23.8. The molecule has 0 spiro atoms. The van der Waals surface area contributed by atoms with Crippen LogP contribution < -0.4 is 10.1 Å². The van der Waals surface area contributed by atoms with Crippen molar-refractivity contribution in [1.29, 1.82) is 0 Å². The first-order valence-corrected chi connectivity index (χ1v) is 12.2. The number of hydrogen-bond acceptors (Lipinski definition) is 3. The molecule has 0 radical (unpaired) electrons. The summed E-state index contributed by atoms with van der Waals surface area (Å²) in [4.78, 5) is 17.2. The Balaban J connectivity index is 1.30. The molecule has 4 rings (SSSR count). The number of nitrogens with one attached hydrogen (secondary N) is 1. The topological polar surface area (TPSA) is 56.2 Å². The van der Waals surface area contributed by atoms with E-state index in [1.807, 2.05) is 60.7 Å². The van der Waals surface area contributed by atoms with Crippen molar-refractivity contribution in [1.82, 2.24) is 14.9 Å². The maximum Gasteiger partial charge on any atom is 0.224 e. The van der Waals surface area contributed by atoms with Gasteiger partial charge in [-0.15, -0.1) is 0 Å². The Kier molecular flexibility index (Phi) is 8.45. The molecule has 4 aromatic rings. The molecular formula is C27H27Cl2N3O2. The van der Waals surface area contributed by atoms with Crippen molar-refractivity contribution < 1.29 is 9.53 Å². The Morgan fingerprint density at radius 1 is 0.941 bits per heavy atom. The number of amides is 1. The van der Waals surface area contributed by atoms with Crippen molar-refractivity contribution in [3.05, 3.63) is 94.2 Å². The summed E-state index contributed by atoms with van der Waals surface area (Å²) in [6.07, 6.45) is 2.80. The highest BCUT2D eigenvalue weighted by atomic mass is 35.5. The minimum Gasteiger partial charge on any atom is -0.494 e. The van der Waals surface area contributed by atoms with Gasteiger partial charge < -0.3 is 14.6 Å². The summed E-state index contributed by atoms with van der Waals surface area (Å²) < 4.78 is 8.05. The summed E-state index contributed by atoms with van der Waals surface area (Å²) in [6, 6.07) is 23.0. The smallest absolute Gasteiger partial charge is 0.224 e. The van der Waals surface area contributed by atoms with Crippen LogP contribution in [0.5, 0.6) is 5.75 Å². The first kappa shape index (κ1) is 24.1. The second-order valence-electron chi connectivity index (χ2n) is 8.05. The molecule has 0 atom stereocenters. The lowest BCUT2D eigenvalue weighted by atomic mass is 10.1. The van der Waals surface area contributed by atoms with Gasteiger partial charge in [0.05, 0.1) is 24.1 Å². The largest absolute Gasteiger partial charge is 0.494 e. The molecular weight excluding hydrogens is 469 g/mol. The molecule has 0 aliphatic heterocycles. The quantitative estimate of drug-likeness (QED) is 0.255. The van der Waals surface area contributed by atoms with Crippen molar-refractivity contribution in [3.8, 4) is 5.75 Å². The number of nitrogens with zero attached hydrogens (tertiary/aromatic N) is 2. The molecule has 0 fully saturated rings. The molecule has 5 nitrogen and oxygen atoms in total. The molecule has 7 heteroatoms. The van der Waals surface area contributed by atoms with Gasteiger partial charge in [-0.2, -0.15) is 0 Å². The molecule has 1 amide bonds. The number of benzene rings is 3. The van der Waals surface area contributed by atoms with Crippen LogP contribution in [-0.4, -0.2) is 28.6 Å². The third-order valence-electron chi connectivity index (χ3n) is 5.57. The van der Waals surface area contributed by atoms with Crippen molar-refractivity contribution in [2.45, 2.75) is 32.2 Å². The third kappa shape index (κ3) is 6.52. The molecule has 1 aromatic heterocycles. The minimum absolute atomic E-state index is 0.0462. The van der Waals surface area contributed by atoms with E-state index in [0.29, 0.717) is 29.6 Å². The van der Waals surface area contributed by atoms with Gasteiger partial charge in [-0.25, -0.2) is 4.98 Å². The van der Waals surface area contributed by atoms with E-state index in [0.717, 1.165) is 47.6 Å². The van der Waals surface area contributed by atoms with Crippen LogP contribution in [0.25, 0.3) is 11.0 Å². The SMILES string of the molecule is O=C(Cc1ccccc1Cl)NCCc1nc2ccccc2n1CCCCOc1ccc(Cl)cc1. The number of aromatic nitrogens is 2. The fourth-order valence-corrected chi connectivity index (χ4v) is 4.18. The molecule has 0 aliphatic carbocycles. The molecule has 1 heterocycles. The van der Waals surface area contributed by atoms with E-state index in [1.54, 1.807) is 6.07 Å². The summed E-state index contributed by atoms with van der Waals surface area (Å²) in [5, 5.41) is 4.31. The molecule has 0 unspecified atom stereocenters. The highest BCUT2D eigenvalue weighted by Gasteiger charge is 2.11. The van der Waals surface area contributed by atoms with Gasteiger partial charge in [-0.3, -0.25) is 4.79 Å². The van der Waals surface area contributed by atoms with Crippen molar-refractivity contribution >= 4 is 40.1 Å². The van der Waals surface area contributed by atoms with E-state index in [4.69, 9.17) is 32.9 Å². The fraction of sp³-hybridized carbons (Fsp3) is 0.259.